The van der Waals surface area contributed by atoms with E-state index in [1.54, 1.807) is 36.4 Å². The van der Waals surface area contributed by atoms with Crippen molar-refractivity contribution in [3.63, 3.8) is 0 Å². The number of furan rings is 1. The standard InChI is InChI=1S/C25H22FNO4/c1-2-16-5-9-18(10-6-16)23(28)21-22(20-4-3-15-31-20)27(25(30)24(21)29)14-13-17-7-11-19(26)12-8-17/h3-12,15,22,28H,2,13-14H2,1H3/b23-21-. The lowest BCUT2D eigenvalue weighted by Crippen LogP contribution is -2.31. The van der Waals surface area contributed by atoms with E-state index < -0.39 is 17.7 Å². The average molecular weight is 419 g/mol. The van der Waals surface area contributed by atoms with Gasteiger partial charge < -0.3 is 14.4 Å². The maximum atomic E-state index is 13.2. The third-order valence-electron chi connectivity index (χ3n) is 5.54. The smallest absolute Gasteiger partial charge is 0.295 e. The Labute approximate surface area is 179 Å². The number of aliphatic hydroxyl groups excluding tert-OH is 1. The number of aryl methyl sites for hydroxylation is 1. The molecule has 1 aliphatic rings. The Morgan fingerprint density at radius 1 is 1.03 bits per heavy atom. The molecule has 1 aromatic heterocycles. The van der Waals surface area contributed by atoms with Gasteiger partial charge in [0.15, 0.2) is 0 Å². The Hall–Kier alpha value is -3.67. The van der Waals surface area contributed by atoms with Gasteiger partial charge in [-0.25, -0.2) is 4.39 Å². The molecule has 1 unspecified atom stereocenters. The van der Waals surface area contributed by atoms with Gasteiger partial charge in [0, 0.05) is 12.1 Å². The second-order valence-electron chi connectivity index (χ2n) is 7.43. The Kier molecular flexibility index (Phi) is 5.71. The van der Waals surface area contributed by atoms with Crippen LogP contribution in [0.2, 0.25) is 0 Å². The normalized spacial score (nSPS) is 18.0. The topological polar surface area (TPSA) is 70.8 Å². The van der Waals surface area contributed by atoms with Crippen LogP contribution in [-0.2, 0) is 22.4 Å². The molecule has 4 rings (SSSR count). The molecule has 3 aromatic rings. The highest BCUT2D eigenvalue weighted by Gasteiger charge is 2.47. The second-order valence-corrected chi connectivity index (χ2v) is 7.43. The molecular weight excluding hydrogens is 397 g/mol. The van der Waals surface area contributed by atoms with Crippen LogP contribution in [0, 0.1) is 5.82 Å². The maximum absolute atomic E-state index is 13.2. The number of amides is 1. The third kappa shape index (κ3) is 4.01. The van der Waals surface area contributed by atoms with Crippen molar-refractivity contribution < 1.29 is 23.5 Å². The number of aliphatic hydroxyl groups is 1. The Bertz CT molecular complexity index is 1120. The molecule has 1 amide bonds. The summed E-state index contributed by atoms with van der Waals surface area (Å²) in [6.45, 7) is 2.24. The highest BCUT2D eigenvalue weighted by atomic mass is 19.1. The van der Waals surface area contributed by atoms with Gasteiger partial charge in [0.2, 0.25) is 0 Å². The van der Waals surface area contributed by atoms with E-state index in [-0.39, 0.29) is 23.7 Å². The van der Waals surface area contributed by atoms with E-state index in [2.05, 4.69) is 0 Å². The van der Waals surface area contributed by atoms with Crippen molar-refractivity contribution in [1.29, 1.82) is 0 Å². The number of hydrogen-bond donors (Lipinski definition) is 1. The fraction of sp³-hybridized carbons (Fsp3) is 0.200. The molecular formula is C25H22FNO4. The number of halogens is 1. The Morgan fingerprint density at radius 2 is 1.71 bits per heavy atom. The van der Waals surface area contributed by atoms with Crippen LogP contribution in [0.4, 0.5) is 4.39 Å². The first-order chi connectivity index (χ1) is 15.0. The fourth-order valence-corrected chi connectivity index (χ4v) is 3.81. The van der Waals surface area contributed by atoms with Crippen molar-refractivity contribution >= 4 is 17.4 Å². The molecule has 0 aliphatic carbocycles. The van der Waals surface area contributed by atoms with Gasteiger partial charge in [-0.2, -0.15) is 0 Å². The van der Waals surface area contributed by atoms with E-state index >= 15 is 0 Å². The fourth-order valence-electron chi connectivity index (χ4n) is 3.81. The van der Waals surface area contributed by atoms with Crippen molar-refractivity contribution in [2.24, 2.45) is 0 Å². The minimum absolute atomic E-state index is 0.00306. The number of benzene rings is 2. The number of carbonyl (C=O) groups is 2. The zero-order chi connectivity index (χ0) is 22.0. The summed E-state index contributed by atoms with van der Waals surface area (Å²) in [6.07, 6.45) is 2.74. The van der Waals surface area contributed by atoms with Gasteiger partial charge in [-0.1, -0.05) is 43.3 Å². The molecule has 31 heavy (non-hydrogen) atoms. The van der Waals surface area contributed by atoms with Crippen molar-refractivity contribution in [3.8, 4) is 0 Å². The third-order valence-corrected chi connectivity index (χ3v) is 5.54. The molecule has 1 aliphatic heterocycles. The monoisotopic (exact) mass is 419 g/mol. The van der Waals surface area contributed by atoms with E-state index in [9.17, 15) is 19.1 Å². The first-order valence-electron chi connectivity index (χ1n) is 10.1. The Morgan fingerprint density at radius 3 is 2.32 bits per heavy atom. The molecule has 5 nitrogen and oxygen atoms in total. The Balaban J connectivity index is 1.71. The van der Waals surface area contributed by atoms with Gasteiger partial charge in [-0.15, -0.1) is 0 Å². The number of ketones is 1. The molecule has 2 heterocycles. The van der Waals surface area contributed by atoms with E-state index in [4.69, 9.17) is 4.42 Å². The van der Waals surface area contributed by atoms with Crippen molar-refractivity contribution in [1.82, 2.24) is 4.90 Å². The number of carbonyl (C=O) groups excluding carboxylic acids is 2. The number of hydrogen-bond acceptors (Lipinski definition) is 4. The lowest BCUT2D eigenvalue weighted by atomic mass is 9.98. The van der Waals surface area contributed by atoms with Gasteiger partial charge in [0.25, 0.3) is 11.7 Å². The van der Waals surface area contributed by atoms with Crippen LogP contribution in [-0.4, -0.2) is 28.2 Å². The van der Waals surface area contributed by atoms with E-state index in [0.717, 1.165) is 17.5 Å². The van der Waals surface area contributed by atoms with Crippen molar-refractivity contribution in [2.45, 2.75) is 25.8 Å². The largest absolute Gasteiger partial charge is 0.507 e. The summed E-state index contributed by atoms with van der Waals surface area (Å²) >= 11 is 0. The molecule has 0 radical (unpaired) electrons. The van der Waals surface area contributed by atoms with Crippen molar-refractivity contribution in [2.75, 3.05) is 6.54 Å². The highest BCUT2D eigenvalue weighted by molar-refractivity contribution is 6.46. The first-order valence-corrected chi connectivity index (χ1v) is 10.1. The molecule has 1 atom stereocenters. The van der Waals surface area contributed by atoms with Gasteiger partial charge in [-0.05, 0) is 48.2 Å². The summed E-state index contributed by atoms with van der Waals surface area (Å²) < 4.78 is 18.7. The quantitative estimate of drug-likeness (QED) is 0.359. The SMILES string of the molecule is CCc1ccc(/C(O)=C2/C(=O)C(=O)N(CCc3ccc(F)cc3)C2c2ccco2)cc1. The summed E-state index contributed by atoms with van der Waals surface area (Å²) in [4.78, 5) is 27.2. The number of Topliss-reactive ketones (excluding diaryl/α,β-unsaturated/α-hetero) is 1. The zero-order valence-corrected chi connectivity index (χ0v) is 17.0. The van der Waals surface area contributed by atoms with E-state index in [1.807, 2.05) is 19.1 Å². The lowest BCUT2D eigenvalue weighted by Gasteiger charge is -2.23. The van der Waals surface area contributed by atoms with Gasteiger partial charge in [0.05, 0.1) is 11.8 Å². The lowest BCUT2D eigenvalue weighted by molar-refractivity contribution is -0.140. The molecule has 1 fully saturated rings. The molecule has 6 heteroatoms. The molecule has 0 saturated carbocycles. The van der Waals surface area contributed by atoms with Crippen molar-refractivity contribution in [3.05, 3.63) is 101 Å². The molecule has 0 bridgehead atoms. The van der Waals surface area contributed by atoms with Crippen LogP contribution in [0.5, 0.6) is 0 Å². The summed E-state index contributed by atoms with van der Waals surface area (Å²) in [5, 5.41) is 11.0. The van der Waals surface area contributed by atoms with E-state index in [0.29, 0.717) is 17.7 Å². The predicted molar refractivity (Wildman–Crippen MR) is 114 cm³/mol. The van der Waals surface area contributed by atoms with Crippen LogP contribution in [0.15, 0.2) is 76.9 Å². The van der Waals surface area contributed by atoms with Crippen LogP contribution >= 0.6 is 0 Å². The highest BCUT2D eigenvalue weighted by Crippen LogP contribution is 2.39. The molecule has 2 aromatic carbocycles. The van der Waals surface area contributed by atoms with Crippen LogP contribution < -0.4 is 0 Å². The van der Waals surface area contributed by atoms with Gasteiger partial charge in [0.1, 0.15) is 23.4 Å². The maximum Gasteiger partial charge on any atom is 0.295 e. The van der Waals surface area contributed by atoms with Crippen LogP contribution in [0.3, 0.4) is 0 Å². The first kappa shape index (κ1) is 20.6. The predicted octanol–water partition coefficient (Wildman–Crippen LogP) is 4.65. The summed E-state index contributed by atoms with van der Waals surface area (Å²) in [6, 6.07) is 15.7. The second kappa shape index (κ2) is 8.60. The summed E-state index contributed by atoms with van der Waals surface area (Å²) in [5.74, 6) is -1.63. The summed E-state index contributed by atoms with van der Waals surface area (Å²) in [5.41, 5.74) is 2.39. The zero-order valence-electron chi connectivity index (χ0n) is 17.0. The van der Waals surface area contributed by atoms with Crippen LogP contribution in [0.1, 0.15) is 35.4 Å². The van der Waals surface area contributed by atoms with Crippen LogP contribution in [0.25, 0.3) is 5.76 Å². The molecule has 0 spiro atoms. The number of rotatable bonds is 6. The number of likely N-dealkylation sites (tertiary alicyclic amines) is 1. The molecule has 1 N–H and O–H groups in total. The minimum Gasteiger partial charge on any atom is -0.507 e. The minimum atomic E-state index is -0.832. The summed E-state index contributed by atoms with van der Waals surface area (Å²) in [7, 11) is 0. The molecule has 158 valence electrons. The van der Waals surface area contributed by atoms with E-state index in [1.165, 1.54) is 23.3 Å². The number of nitrogens with zero attached hydrogens (tertiary/aromatic N) is 1. The average Bonchev–Trinajstić information content (AvgIpc) is 3.40. The van der Waals surface area contributed by atoms with Gasteiger partial charge >= 0.3 is 0 Å². The van der Waals surface area contributed by atoms with Gasteiger partial charge in [-0.3, -0.25) is 9.59 Å². The molecule has 1 saturated heterocycles.